The molecule has 0 atom stereocenters. The van der Waals surface area contributed by atoms with E-state index in [2.05, 4.69) is 33.4 Å². The minimum Gasteiger partial charge on any atom is -0.340 e. The maximum atomic E-state index is 11.9. The molecule has 0 radical (unpaired) electrons. The molecule has 5 heteroatoms. The van der Waals surface area contributed by atoms with Crippen LogP contribution < -0.4 is 5.32 Å². The number of nitrogens with one attached hydrogen (secondary N) is 1. The van der Waals surface area contributed by atoms with Crippen LogP contribution in [0.4, 0.5) is 0 Å². The number of hydrogen-bond donors (Lipinski definition) is 1. The van der Waals surface area contributed by atoms with Crippen LogP contribution in [0.25, 0.3) is 0 Å². The van der Waals surface area contributed by atoms with E-state index in [4.69, 9.17) is 0 Å². The van der Waals surface area contributed by atoms with Crippen molar-refractivity contribution in [3.8, 4) is 0 Å². The Morgan fingerprint density at radius 1 is 1.39 bits per heavy atom. The smallest absolute Gasteiger partial charge is 0.223 e. The van der Waals surface area contributed by atoms with E-state index in [-0.39, 0.29) is 5.91 Å². The van der Waals surface area contributed by atoms with Crippen molar-refractivity contribution in [2.75, 3.05) is 31.9 Å². The highest BCUT2D eigenvalue weighted by Gasteiger charge is 2.15. The van der Waals surface area contributed by atoms with Crippen LogP contribution in [0.3, 0.4) is 0 Å². The van der Waals surface area contributed by atoms with Gasteiger partial charge < -0.3 is 10.2 Å². The van der Waals surface area contributed by atoms with E-state index in [9.17, 15) is 4.79 Å². The summed E-state index contributed by atoms with van der Waals surface area (Å²) in [5.41, 5.74) is 0. The third kappa shape index (κ3) is 4.30. The zero-order valence-electron chi connectivity index (χ0n) is 10.2. The summed E-state index contributed by atoms with van der Waals surface area (Å²) >= 11 is 5.18. The second kappa shape index (κ2) is 7.16. The number of halogens is 1. The Labute approximate surface area is 120 Å². The van der Waals surface area contributed by atoms with Crippen molar-refractivity contribution in [1.29, 1.82) is 0 Å². The van der Waals surface area contributed by atoms with Crippen molar-refractivity contribution in [3.63, 3.8) is 0 Å². The van der Waals surface area contributed by atoms with E-state index in [0.29, 0.717) is 6.42 Å². The number of rotatable bonds is 4. The lowest BCUT2D eigenvalue weighted by atomic mass is 10.3. The van der Waals surface area contributed by atoms with Crippen LogP contribution in [-0.4, -0.2) is 42.7 Å². The van der Waals surface area contributed by atoms with Gasteiger partial charge in [0.2, 0.25) is 5.91 Å². The van der Waals surface area contributed by atoms with E-state index < -0.39 is 0 Å². The highest BCUT2D eigenvalue weighted by molar-refractivity contribution is 9.10. The van der Waals surface area contributed by atoms with E-state index in [1.54, 1.807) is 11.8 Å². The largest absolute Gasteiger partial charge is 0.340 e. The van der Waals surface area contributed by atoms with E-state index in [1.165, 1.54) is 4.90 Å². The summed E-state index contributed by atoms with van der Waals surface area (Å²) < 4.78 is 1.08. The first-order chi connectivity index (χ1) is 8.75. The minimum atomic E-state index is 0.277. The van der Waals surface area contributed by atoms with Crippen LogP contribution >= 0.6 is 27.7 Å². The lowest BCUT2D eigenvalue weighted by Crippen LogP contribution is -2.46. The Morgan fingerprint density at radius 3 is 2.89 bits per heavy atom. The van der Waals surface area contributed by atoms with Crippen molar-refractivity contribution in [3.05, 3.63) is 28.7 Å². The maximum Gasteiger partial charge on any atom is 0.223 e. The molecule has 1 amide bonds. The summed E-state index contributed by atoms with van der Waals surface area (Å²) in [4.78, 5) is 15.1. The fourth-order valence-electron chi connectivity index (χ4n) is 1.89. The van der Waals surface area contributed by atoms with Gasteiger partial charge in [-0.2, -0.15) is 0 Å². The first-order valence-electron chi connectivity index (χ1n) is 6.12. The quantitative estimate of drug-likeness (QED) is 0.861. The number of amides is 1. The van der Waals surface area contributed by atoms with Crippen LogP contribution in [0.5, 0.6) is 0 Å². The summed E-state index contributed by atoms with van der Waals surface area (Å²) in [6.07, 6.45) is 0.622. The number of thioether (sulfide) groups is 1. The van der Waals surface area contributed by atoms with E-state index in [0.717, 1.165) is 36.4 Å². The average Bonchev–Trinajstić information content (AvgIpc) is 2.40. The number of piperazine rings is 1. The average molecular weight is 329 g/mol. The number of benzene rings is 1. The van der Waals surface area contributed by atoms with Gasteiger partial charge in [0.05, 0.1) is 0 Å². The molecule has 0 saturated carbocycles. The van der Waals surface area contributed by atoms with Crippen LogP contribution in [0.2, 0.25) is 0 Å². The molecule has 1 saturated heterocycles. The predicted octanol–water partition coefficient (Wildman–Crippen LogP) is 2.36. The molecule has 18 heavy (non-hydrogen) atoms. The second-order valence-corrected chi connectivity index (χ2v) is 6.27. The molecule has 0 aliphatic carbocycles. The fourth-order valence-corrected chi connectivity index (χ4v) is 3.33. The third-order valence-electron chi connectivity index (χ3n) is 2.85. The number of carbonyl (C=O) groups is 1. The Balaban J connectivity index is 1.73. The molecule has 0 spiro atoms. The normalized spacial score (nSPS) is 15.7. The molecule has 0 bridgehead atoms. The van der Waals surface area contributed by atoms with Gasteiger partial charge in [0.1, 0.15) is 0 Å². The van der Waals surface area contributed by atoms with Gasteiger partial charge in [-0.1, -0.05) is 22.0 Å². The van der Waals surface area contributed by atoms with Gasteiger partial charge in [0, 0.05) is 47.7 Å². The Hall–Kier alpha value is -0.520. The molecule has 0 unspecified atom stereocenters. The lowest BCUT2D eigenvalue weighted by molar-refractivity contribution is -0.131. The molecule has 1 aliphatic heterocycles. The number of carbonyl (C=O) groups excluding carboxylic acids is 1. The summed E-state index contributed by atoms with van der Waals surface area (Å²) in [5.74, 6) is 1.12. The standard InChI is InChI=1S/C13H17BrN2OS/c14-11-2-1-3-12(10-11)18-9-4-13(17)16-7-5-15-6-8-16/h1-3,10,15H,4-9H2. The number of nitrogens with zero attached hydrogens (tertiary/aromatic N) is 1. The van der Waals surface area contributed by atoms with Crippen molar-refractivity contribution in [1.82, 2.24) is 10.2 Å². The highest BCUT2D eigenvalue weighted by atomic mass is 79.9. The van der Waals surface area contributed by atoms with Gasteiger partial charge in [-0.15, -0.1) is 11.8 Å². The molecule has 1 heterocycles. The van der Waals surface area contributed by atoms with Gasteiger partial charge in [-0.3, -0.25) is 4.79 Å². The maximum absolute atomic E-state index is 11.9. The first-order valence-corrected chi connectivity index (χ1v) is 7.90. The van der Waals surface area contributed by atoms with Crippen LogP contribution in [0.1, 0.15) is 6.42 Å². The van der Waals surface area contributed by atoms with Crippen LogP contribution in [0, 0.1) is 0 Å². The summed E-state index contributed by atoms with van der Waals surface area (Å²) in [6.45, 7) is 3.54. The van der Waals surface area contributed by atoms with E-state index >= 15 is 0 Å². The minimum absolute atomic E-state index is 0.277. The fraction of sp³-hybridized carbons (Fsp3) is 0.462. The van der Waals surface area contributed by atoms with Gasteiger partial charge in [-0.05, 0) is 18.2 Å². The Bertz CT molecular complexity index is 408. The summed E-state index contributed by atoms with van der Waals surface area (Å²) in [5, 5.41) is 3.25. The molecule has 1 fully saturated rings. The van der Waals surface area contributed by atoms with Gasteiger partial charge in [0.15, 0.2) is 0 Å². The molecule has 1 N–H and O–H groups in total. The van der Waals surface area contributed by atoms with Crippen molar-refractivity contribution < 1.29 is 4.79 Å². The molecule has 1 aromatic carbocycles. The second-order valence-electron chi connectivity index (χ2n) is 4.19. The zero-order valence-corrected chi connectivity index (χ0v) is 12.6. The SMILES string of the molecule is O=C(CCSc1cccc(Br)c1)N1CCNCC1. The summed E-state index contributed by atoms with van der Waals surface area (Å²) in [6, 6.07) is 8.19. The topological polar surface area (TPSA) is 32.3 Å². The molecule has 2 rings (SSSR count). The third-order valence-corrected chi connectivity index (χ3v) is 4.34. The molecule has 1 aromatic rings. The lowest BCUT2D eigenvalue weighted by Gasteiger charge is -2.27. The van der Waals surface area contributed by atoms with Crippen molar-refractivity contribution >= 4 is 33.6 Å². The van der Waals surface area contributed by atoms with Crippen molar-refractivity contribution in [2.45, 2.75) is 11.3 Å². The Morgan fingerprint density at radius 2 is 2.17 bits per heavy atom. The zero-order chi connectivity index (χ0) is 12.8. The first kappa shape index (κ1) is 13.9. The van der Waals surface area contributed by atoms with Crippen LogP contribution in [0.15, 0.2) is 33.6 Å². The summed E-state index contributed by atoms with van der Waals surface area (Å²) in [7, 11) is 0. The number of hydrogen-bond acceptors (Lipinski definition) is 3. The molecule has 0 aromatic heterocycles. The van der Waals surface area contributed by atoms with Gasteiger partial charge in [0.25, 0.3) is 0 Å². The predicted molar refractivity (Wildman–Crippen MR) is 78.9 cm³/mol. The molecule has 1 aliphatic rings. The van der Waals surface area contributed by atoms with Gasteiger partial charge in [-0.25, -0.2) is 0 Å². The van der Waals surface area contributed by atoms with Gasteiger partial charge >= 0.3 is 0 Å². The monoisotopic (exact) mass is 328 g/mol. The van der Waals surface area contributed by atoms with Crippen molar-refractivity contribution in [2.24, 2.45) is 0 Å². The molecule has 3 nitrogen and oxygen atoms in total. The molecular formula is C13H17BrN2OS. The van der Waals surface area contributed by atoms with E-state index in [1.807, 2.05) is 17.0 Å². The molecular weight excluding hydrogens is 312 g/mol. The Kier molecular flexibility index (Phi) is 5.53. The molecule has 98 valence electrons. The highest BCUT2D eigenvalue weighted by Crippen LogP contribution is 2.22. The van der Waals surface area contributed by atoms with Crippen LogP contribution in [-0.2, 0) is 4.79 Å².